The zero-order valence-electron chi connectivity index (χ0n) is 9.93. The summed E-state index contributed by atoms with van der Waals surface area (Å²) in [5, 5.41) is 0. The first kappa shape index (κ1) is 10.1. The summed E-state index contributed by atoms with van der Waals surface area (Å²) in [6.07, 6.45) is 13.3. The van der Waals surface area contributed by atoms with Crippen LogP contribution in [0.2, 0.25) is 0 Å². The van der Waals surface area contributed by atoms with Gasteiger partial charge in [0.2, 0.25) is 0 Å². The Balaban J connectivity index is 1.66. The summed E-state index contributed by atoms with van der Waals surface area (Å²) in [6.45, 7) is 2.39. The molecule has 2 unspecified atom stereocenters. The second-order valence-corrected chi connectivity index (χ2v) is 5.76. The third kappa shape index (κ3) is 1.63. The Morgan fingerprint density at radius 2 is 1.73 bits per heavy atom. The molecule has 85 valence electrons. The maximum Gasteiger partial charge on any atom is 0.101 e. The SMILES string of the molecule is C[C](C1CCCCC1)C12CCCCC1O2. The Bertz CT molecular complexity index is 231. The molecule has 3 rings (SSSR count). The van der Waals surface area contributed by atoms with E-state index in [2.05, 4.69) is 6.92 Å². The Labute approximate surface area is 93.6 Å². The van der Waals surface area contributed by atoms with Crippen LogP contribution in [0.1, 0.15) is 64.7 Å². The molecule has 2 aliphatic carbocycles. The fourth-order valence-corrected chi connectivity index (χ4v) is 3.87. The van der Waals surface area contributed by atoms with Gasteiger partial charge in [-0.3, -0.25) is 0 Å². The van der Waals surface area contributed by atoms with E-state index in [1.54, 1.807) is 5.92 Å². The first-order valence-electron chi connectivity index (χ1n) is 6.85. The molecule has 3 aliphatic rings. The van der Waals surface area contributed by atoms with Crippen molar-refractivity contribution in [2.24, 2.45) is 5.92 Å². The average molecular weight is 207 g/mol. The number of ether oxygens (including phenoxy) is 1. The highest BCUT2D eigenvalue weighted by atomic mass is 16.6. The lowest BCUT2D eigenvalue weighted by Gasteiger charge is -2.33. The van der Waals surface area contributed by atoms with Gasteiger partial charge in [0.1, 0.15) is 5.60 Å². The van der Waals surface area contributed by atoms with Crippen molar-refractivity contribution in [1.29, 1.82) is 0 Å². The molecule has 1 saturated heterocycles. The quantitative estimate of drug-likeness (QED) is 0.626. The molecule has 0 amide bonds. The number of fused-ring (bicyclic) bond motifs is 1. The molecule has 0 aromatic rings. The van der Waals surface area contributed by atoms with Gasteiger partial charge in [0, 0.05) is 5.92 Å². The molecule has 15 heavy (non-hydrogen) atoms. The largest absolute Gasteiger partial charge is 0.365 e. The molecule has 0 aromatic carbocycles. The van der Waals surface area contributed by atoms with Gasteiger partial charge in [0.05, 0.1) is 6.10 Å². The Morgan fingerprint density at radius 3 is 2.47 bits per heavy atom. The first-order chi connectivity index (χ1) is 7.33. The van der Waals surface area contributed by atoms with Crippen LogP contribution in [0.25, 0.3) is 0 Å². The summed E-state index contributed by atoms with van der Waals surface area (Å²) < 4.78 is 6.04. The van der Waals surface area contributed by atoms with Crippen LogP contribution in [0.3, 0.4) is 0 Å². The van der Waals surface area contributed by atoms with Crippen LogP contribution < -0.4 is 0 Å². The van der Waals surface area contributed by atoms with Crippen molar-refractivity contribution < 1.29 is 4.74 Å². The van der Waals surface area contributed by atoms with Gasteiger partial charge in [-0.1, -0.05) is 39.0 Å². The number of hydrogen-bond acceptors (Lipinski definition) is 1. The molecular formula is C14H23O. The second-order valence-electron chi connectivity index (χ2n) is 5.76. The normalized spacial score (nSPS) is 41.6. The van der Waals surface area contributed by atoms with Crippen LogP contribution in [0.4, 0.5) is 0 Å². The fraction of sp³-hybridized carbons (Fsp3) is 0.929. The van der Waals surface area contributed by atoms with E-state index in [1.165, 1.54) is 57.8 Å². The molecule has 0 bridgehead atoms. The van der Waals surface area contributed by atoms with Crippen LogP contribution in [0, 0.1) is 11.8 Å². The molecule has 1 radical (unpaired) electrons. The van der Waals surface area contributed by atoms with E-state index in [0.29, 0.717) is 6.10 Å². The van der Waals surface area contributed by atoms with E-state index in [0.717, 1.165) is 5.92 Å². The van der Waals surface area contributed by atoms with Crippen molar-refractivity contribution in [2.75, 3.05) is 0 Å². The number of epoxide rings is 1. The third-order valence-corrected chi connectivity index (χ3v) is 4.96. The van der Waals surface area contributed by atoms with Gasteiger partial charge in [-0.25, -0.2) is 0 Å². The van der Waals surface area contributed by atoms with E-state index >= 15 is 0 Å². The molecule has 1 aliphatic heterocycles. The average Bonchev–Trinajstić information content (AvgIpc) is 3.05. The molecular weight excluding hydrogens is 184 g/mol. The van der Waals surface area contributed by atoms with Crippen molar-refractivity contribution in [1.82, 2.24) is 0 Å². The second kappa shape index (κ2) is 3.76. The van der Waals surface area contributed by atoms with Crippen molar-refractivity contribution in [3.8, 4) is 0 Å². The monoisotopic (exact) mass is 207 g/mol. The van der Waals surface area contributed by atoms with E-state index in [-0.39, 0.29) is 5.60 Å². The molecule has 3 fully saturated rings. The standard InChI is InChI=1S/C14H23O/c1-11(12-7-3-2-4-8-12)14-10-6-5-9-13(14)15-14/h12-13H,2-10H2,1H3. The molecule has 2 saturated carbocycles. The zero-order chi connectivity index (χ0) is 10.3. The number of hydrogen-bond donors (Lipinski definition) is 0. The zero-order valence-corrected chi connectivity index (χ0v) is 9.93. The minimum atomic E-state index is 0.278. The minimum absolute atomic E-state index is 0.278. The van der Waals surface area contributed by atoms with Crippen LogP contribution in [-0.4, -0.2) is 11.7 Å². The van der Waals surface area contributed by atoms with Gasteiger partial charge in [-0.15, -0.1) is 0 Å². The highest BCUT2D eigenvalue weighted by molar-refractivity contribution is 5.23. The van der Waals surface area contributed by atoms with E-state index in [4.69, 9.17) is 4.74 Å². The summed E-state index contributed by atoms with van der Waals surface area (Å²) in [5.74, 6) is 2.61. The third-order valence-electron chi connectivity index (χ3n) is 4.96. The van der Waals surface area contributed by atoms with Crippen LogP contribution in [-0.2, 0) is 4.74 Å². The highest BCUT2D eigenvalue weighted by Crippen LogP contribution is 2.56. The summed E-state index contributed by atoms with van der Waals surface area (Å²) in [4.78, 5) is 0. The van der Waals surface area contributed by atoms with Crippen LogP contribution in [0.5, 0.6) is 0 Å². The van der Waals surface area contributed by atoms with Crippen molar-refractivity contribution in [3.63, 3.8) is 0 Å². The van der Waals surface area contributed by atoms with Crippen LogP contribution >= 0.6 is 0 Å². The lowest BCUT2D eigenvalue weighted by molar-refractivity contribution is 0.242. The Morgan fingerprint density at radius 1 is 1.00 bits per heavy atom. The lowest BCUT2D eigenvalue weighted by atomic mass is 9.70. The van der Waals surface area contributed by atoms with E-state index < -0.39 is 0 Å². The lowest BCUT2D eigenvalue weighted by Crippen LogP contribution is -2.32. The van der Waals surface area contributed by atoms with E-state index in [9.17, 15) is 0 Å². The Kier molecular flexibility index (Phi) is 2.54. The molecule has 0 aromatic heterocycles. The Hall–Kier alpha value is -0.0400. The van der Waals surface area contributed by atoms with E-state index in [1.807, 2.05) is 0 Å². The molecule has 0 N–H and O–H groups in total. The molecule has 1 heteroatoms. The fourth-order valence-electron chi connectivity index (χ4n) is 3.87. The number of rotatable bonds is 2. The maximum atomic E-state index is 6.04. The summed E-state index contributed by atoms with van der Waals surface area (Å²) in [5.41, 5.74) is 0.278. The maximum absolute atomic E-state index is 6.04. The van der Waals surface area contributed by atoms with Gasteiger partial charge in [0.15, 0.2) is 0 Å². The molecule has 0 spiro atoms. The summed E-state index contributed by atoms with van der Waals surface area (Å²) >= 11 is 0. The van der Waals surface area contributed by atoms with Gasteiger partial charge >= 0.3 is 0 Å². The molecule has 1 nitrogen and oxygen atoms in total. The predicted molar refractivity (Wildman–Crippen MR) is 61.6 cm³/mol. The first-order valence-corrected chi connectivity index (χ1v) is 6.85. The topological polar surface area (TPSA) is 12.5 Å². The smallest absolute Gasteiger partial charge is 0.101 e. The minimum Gasteiger partial charge on any atom is -0.365 e. The predicted octanol–water partition coefficient (Wildman–Crippen LogP) is 3.87. The van der Waals surface area contributed by atoms with Gasteiger partial charge in [0.25, 0.3) is 0 Å². The van der Waals surface area contributed by atoms with Gasteiger partial charge in [-0.05, 0) is 31.6 Å². The van der Waals surface area contributed by atoms with Crippen molar-refractivity contribution in [2.45, 2.75) is 76.4 Å². The van der Waals surface area contributed by atoms with Gasteiger partial charge < -0.3 is 4.74 Å². The van der Waals surface area contributed by atoms with Crippen molar-refractivity contribution >= 4 is 0 Å². The van der Waals surface area contributed by atoms with Gasteiger partial charge in [-0.2, -0.15) is 0 Å². The summed E-state index contributed by atoms with van der Waals surface area (Å²) in [7, 11) is 0. The highest BCUT2D eigenvalue weighted by Gasteiger charge is 2.61. The van der Waals surface area contributed by atoms with Crippen LogP contribution in [0.15, 0.2) is 0 Å². The molecule has 1 heterocycles. The summed E-state index contributed by atoms with van der Waals surface area (Å²) in [6, 6.07) is 0. The van der Waals surface area contributed by atoms with Crippen molar-refractivity contribution in [3.05, 3.63) is 5.92 Å². The molecule has 2 atom stereocenters.